The molecule has 0 saturated heterocycles. The van der Waals surface area contributed by atoms with E-state index in [4.69, 9.17) is 0 Å². The van der Waals surface area contributed by atoms with Gasteiger partial charge in [0.25, 0.3) is 0 Å². The fraction of sp³-hybridized carbons (Fsp3) is 0.600. The van der Waals surface area contributed by atoms with Crippen molar-refractivity contribution in [2.24, 2.45) is 5.92 Å². The number of fused-ring (bicyclic) bond motifs is 3. The van der Waals surface area contributed by atoms with Crippen molar-refractivity contribution in [1.82, 2.24) is 0 Å². The topological polar surface area (TPSA) is 0 Å². The molecule has 54 valence electrons. The van der Waals surface area contributed by atoms with Crippen molar-refractivity contribution < 1.29 is 0 Å². The second kappa shape index (κ2) is 2.61. The first-order valence-corrected chi connectivity index (χ1v) is 4.31. The van der Waals surface area contributed by atoms with Crippen LogP contribution in [0, 0.1) is 5.92 Å². The number of allylic oxidation sites excluding steroid dienone is 4. The average molecular weight is 134 g/mol. The first kappa shape index (κ1) is 6.21. The van der Waals surface area contributed by atoms with Gasteiger partial charge in [-0.1, -0.05) is 23.8 Å². The molecule has 0 aromatic rings. The second-order valence-electron chi connectivity index (χ2n) is 3.40. The van der Waals surface area contributed by atoms with Crippen molar-refractivity contribution in [1.29, 1.82) is 0 Å². The van der Waals surface area contributed by atoms with E-state index in [9.17, 15) is 0 Å². The van der Waals surface area contributed by atoms with E-state index in [0.29, 0.717) is 0 Å². The summed E-state index contributed by atoms with van der Waals surface area (Å²) in [5.74, 6) is 0.899. The van der Waals surface area contributed by atoms with Gasteiger partial charge >= 0.3 is 0 Å². The molecule has 0 heteroatoms. The monoisotopic (exact) mass is 134 g/mol. The van der Waals surface area contributed by atoms with Gasteiger partial charge in [0, 0.05) is 0 Å². The third-order valence-corrected chi connectivity index (χ3v) is 2.62. The maximum absolute atomic E-state index is 2.38. The minimum Gasteiger partial charge on any atom is -0.0814 e. The van der Waals surface area contributed by atoms with Crippen molar-refractivity contribution in [3.63, 3.8) is 0 Å². The molecule has 2 bridgehead atoms. The fourth-order valence-corrected chi connectivity index (χ4v) is 1.94. The first-order valence-electron chi connectivity index (χ1n) is 4.31. The van der Waals surface area contributed by atoms with Crippen LogP contribution >= 0.6 is 0 Å². The SMILES string of the molecule is C1=CC2CCCC(=C1)CC2. The van der Waals surface area contributed by atoms with Gasteiger partial charge in [-0.2, -0.15) is 0 Å². The van der Waals surface area contributed by atoms with E-state index in [1.807, 2.05) is 0 Å². The molecule has 0 N–H and O–H groups in total. The Labute approximate surface area is 62.6 Å². The molecule has 0 aromatic carbocycles. The highest BCUT2D eigenvalue weighted by Gasteiger charge is 2.13. The summed E-state index contributed by atoms with van der Waals surface area (Å²) >= 11 is 0. The number of rotatable bonds is 0. The Bertz CT molecular complexity index is 170. The Kier molecular flexibility index (Phi) is 1.62. The smallest absolute Gasteiger partial charge is 0.0227 e. The molecule has 2 rings (SSSR count). The lowest BCUT2D eigenvalue weighted by atomic mass is 10.0. The van der Waals surface area contributed by atoms with Gasteiger partial charge in [0.2, 0.25) is 0 Å². The van der Waals surface area contributed by atoms with Crippen LogP contribution in [0.3, 0.4) is 0 Å². The maximum atomic E-state index is 2.38. The van der Waals surface area contributed by atoms with Crippen LogP contribution in [0.2, 0.25) is 0 Å². The van der Waals surface area contributed by atoms with Gasteiger partial charge in [-0.3, -0.25) is 0 Å². The second-order valence-corrected chi connectivity index (χ2v) is 3.40. The Morgan fingerprint density at radius 2 is 2.20 bits per heavy atom. The molecule has 1 atom stereocenters. The summed E-state index contributed by atoms with van der Waals surface area (Å²) in [5, 5.41) is 0. The Balaban J connectivity index is 2.22. The summed E-state index contributed by atoms with van der Waals surface area (Å²) in [5.41, 5.74) is 1.68. The van der Waals surface area contributed by atoms with Gasteiger partial charge in [-0.25, -0.2) is 0 Å². The molecule has 0 heterocycles. The summed E-state index contributed by atoms with van der Waals surface area (Å²) in [6.45, 7) is 0. The van der Waals surface area contributed by atoms with Crippen LogP contribution in [-0.4, -0.2) is 0 Å². The van der Waals surface area contributed by atoms with E-state index in [1.54, 1.807) is 5.57 Å². The highest BCUT2D eigenvalue weighted by atomic mass is 14.2. The standard InChI is InChI=1S/C10H14/c1-3-9-5-2-6-10(4-1)8-7-9/h1,3-4,9H,2,5-8H2. The largest absolute Gasteiger partial charge is 0.0814 e. The predicted molar refractivity (Wildman–Crippen MR) is 43.8 cm³/mol. The summed E-state index contributed by atoms with van der Waals surface area (Å²) < 4.78 is 0. The fourth-order valence-electron chi connectivity index (χ4n) is 1.94. The Hall–Kier alpha value is -0.520. The third-order valence-electron chi connectivity index (χ3n) is 2.62. The van der Waals surface area contributed by atoms with Gasteiger partial charge < -0.3 is 0 Å². The molecule has 0 aliphatic heterocycles. The zero-order chi connectivity index (χ0) is 6.81. The Morgan fingerprint density at radius 3 is 3.20 bits per heavy atom. The quantitative estimate of drug-likeness (QED) is 0.477. The van der Waals surface area contributed by atoms with E-state index >= 15 is 0 Å². The molecule has 1 unspecified atom stereocenters. The van der Waals surface area contributed by atoms with Crippen molar-refractivity contribution in [2.75, 3.05) is 0 Å². The van der Waals surface area contributed by atoms with E-state index in [0.717, 1.165) is 5.92 Å². The summed E-state index contributed by atoms with van der Waals surface area (Å²) in [6.07, 6.45) is 13.9. The lowest BCUT2D eigenvalue weighted by Gasteiger charge is -2.05. The molecule has 10 heavy (non-hydrogen) atoms. The molecular weight excluding hydrogens is 120 g/mol. The molecule has 0 spiro atoms. The zero-order valence-electron chi connectivity index (χ0n) is 6.34. The minimum absolute atomic E-state index is 0.899. The van der Waals surface area contributed by atoms with Gasteiger partial charge in [-0.05, 0) is 38.0 Å². The van der Waals surface area contributed by atoms with Crippen molar-refractivity contribution in [2.45, 2.75) is 32.1 Å². The lowest BCUT2D eigenvalue weighted by molar-refractivity contribution is 0.563. The highest BCUT2D eigenvalue weighted by molar-refractivity contribution is 5.18. The van der Waals surface area contributed by atoms with E-state index < -0.39 is 0 Å². The van der Waals surface area contributed by atoms with Gasteiger partial charge in [-0.15, -0.1) is 0 Å². The zero-order valence-corrected chi connectivity index (χ0v) is 6.34. The molecule has 2 aliphatic rings. The Morgan fingerprint density at radius 1 is 1.20 bits per heavy atom. The highest BCUT2D eigenvalue weighted by Crippen LogP contribution is 2.29. The van der Waals surface area contributed by atoms with Crippen LogP contribution in [0.1, 0.15) is 32.1 Å². The molecule has 0 amide bonds. The summed E-state index contributed by atoms with van der Waals surface area (Å²) in [7, 11) is 0. The van der Waals surface area contributed by atoms with Crippen molar-refractivity contribution in [3.8, 4) is 0 Å². The van der Waals surface area contributed by atoms with Gasteiger partial charge in [0.15, 0.2) is 0 Å². The molecule has 2 aliphatic carbocycles. The van der Waals surface area contributed by atoms with Gasteiger partial charge in [0.1, 0.15) is 0 Å². The molecule has 1 saturated carbocycles. The van der Waals surface area contributed by atoms with Crippen LogP contribution in [0.15, 0.2) is 23.8 Å². The maximum Gasteiger partial charge on any atom is -0.0227 e. The number of hydrogen-bond acceptors (Lipinski definition) is 0. The van der Waals surface area contributed by atoms with Crippen LogP contribution in [0.5, 0.6) is 0 Å². The number of hydrogen-bond donors (Lipinski definition) is 0. The van der Waals surface area contributed by atoms with Crippen molar-refractivity contribution >= 4 is 0 Å². The summed E-state index contributed by atoms with van der Waals surface area (Å²) in [4.78, 5) is 0. The average Bonchev–Trinajstić information content (AvgIpc) is 2.17. The molecular formula is C10H14. The predicted octanol–water partition coefficient (Wildman–Crippen LogP) is 3.06. The molecule has 0 nitrogen and oxygen atoms in total. The molecule has 0 radical (unpaired) electrons. The van der Waals surface area contributed by atoms with E-state index in [2.05, 4.69) is 18.2 Å². The third kappa shape index (κ3) is 1.16. The van der Waals surface area contributed by atoms with E-state index in [1.165, 1.54) is 32.1 Å². The summed E-state index contributed by atoms with van der Waals surface area (Å²) in [6, 6.07) is 0. The van der Waals surface area contributed by atoms with Crippen LogP contribution in [0.4, 0.5) is 0 Å². The minimum atomic E-state index is 0.899. The van der Waals surface area contributed by atoms with Gasteiger partial charge in [0.05, 0.1) is 0 Å². The van der Waals surface area contributed by atoms with E-state index in [-0.39, 0.29) is 0 Å². The van der Waals surface area contributed by atoms with Crippen LogP contribution in [0.25, 0.3) is 0 Å². The normalized spacial score (nSPS) is 31.2. The van der Waals surface area contributed by atoms with Crippen molar-refractivity contribution in [3.05, 3.63) is 23.8 Å². The van der Waals surface area contributed by atoms with Crippen LogP contribution < -0.4 is 0 Å². The first-order chi connectivity index (χ1) is 4.95. The molecule has 0 aromatic heterocycles. The lowest BCUT2D eigenvalue weighted by Crippen LogP contribution is -1.91. The molecule has 1 fully saturated rings. The van der Waals surface area contributed by atoms with Crippen LogP contribution in [-0.2, 0) is 0 Å².